The highest BCUT2D eigenvalue weighted by molar-refractivity contribution is 6.04. The normalized spacial score (nSPS) is 25.6. The van der Waals surface area contributed by atoms with Crippen LogP contribution in [0.1, 0.15) is 45.4 Å². The van der Waals surface area contributed by atoms with Gasteiger partial charge in [0.2, 0.25) is 17.8 Å². The van der Waals surface area contributed by atoms with Crippen molar-refractivity contribution >= 4 is 17.8 Å². The number of piperazine rings is 1. The van der Waals surface area contributed by atoms with Crippen LogP contribution in [0.3, 0.4) is 0 Å². The molecule has 20 heavy (non-hydrogen) atoms. The first-order valence-corrected chi connectivity index (χ1v) is 7.30. The maximum absolute atomic E-state index is 11.9. The number of hydrazine groups is 1. The second-order valence-corrected chi connectivity index (χ2v) is 5.35. The number of hydrogen-bond donors (Lipinski definition) is 3. The van der Waals surface area contributed by atoms with Crippen molar-refractivity contribution in [2.24, 2.45) is 10.8 Å². The molecule has 2 aliphatic rings. The second-order valence-electron chi connectivity index (χ2n) is 5.35. The molecule has 1 aliphatic heterocycles. The molecule has 0 aromatic carbocycles. The minimum atomic E-state index is -0.397. The number of hydrogen-bond acceptors (Lipinski definition) is 4. The minimum absolute atomic E-state index is 0.111. The van der Waals surface area contributed by atoms with Crippen LogP contribution >= 0.6 is 0 Å². The van der Waals surface area contributed by atoms with Crippen molar-refractivity contribution in [1.82, 2.24) is 15.6 Å². The van der Waals surface area contributed by atoms with E-state index in [1.807, 2.05) is 6.92 Å². The van der Waals surface area contributed by atoms with Gasteiger partial charge in [-0.3, -0.25) is 20.3 Å². The number of nitrogens with one attached hydrogen (secondary N) is 2. The molecule has 112 valence electrons. The SMILES string of the molecule is CCC1C(=O)NC(=O)CN1C(=NC1CCCCC1)NN. The van der Waals surface area contributed by atoms with E-state index in [0.29, 0.717) is 12.4 Å². The molecule has 4 N–H and O–H groups in total. The van der Waals surface area contributed by atoms with E-state index in [0.717, 1.165) is 12.8 Å². The summed E-state index contributed by atoms with van der Waals surface area (Å²) in [6.45, 7) is 2.02. The van der Waals surface area contributed by atoms with Gasteiger partial charge in [-0.1, -0.05) is 26.2 Å². The van der Waals surface area contributed by atoms with Crippen LogP contribution in [0.2, 0.25) is 0 Å². The zero-order chi connectivity index (χ0) is 14.5. The van der Waals surface area contributed by atoms with Crippen molar-refractivity contribution < 1.29 is 9.59 Å². The van der Waals surface area contributed by atoms with Gasteiger partial charge in [0.25, 0.3) is 0 Å². The summed E-state index contributed by atoms with van der Waals surface area (Å²) in [6.07, 6.45) is 6.27. The van der Waals surface area contributed by atoms with E-state index in [1.165, 1.54) is 19.3 Å². The van der Waals surface area contributed by atoms with Gasteiger partial charge in [-0.25, -0.2) is 10.8 Å². The van der Waals surface area contributed by atoms with Gasteiger partial charge in [-0.15, -0.1) is 0 Å². The van der Waals surface area contributed by atoms with Crippen LogP contribution in [0.4, 0.5) is 0 Å². The molecule has 1 saturated heterocycles. The molecule has 0 bridgehead atoms. The number of nitrogens with zero attached hydrogens (tertiary/aromatic N) is 2. The highest BCUT2D eigenvalue weighted by Gasteiger charge is 2.34. The molecule has 0 aromatic heterocycles. The average Bonchev–Trinajstić information content (AvgIpc) is 2.45. The van der Waals surface area contributed by atoms with Crippen molar-refractivity contribution in [3.8, 4) is 0 Å². The number of nitrogens with two attached hydrogens (primary N) is 1. The third kappa shape index (κ3) is 3.27. The Morgan fingerprint density at radius 1 is 1.40 bits per heavy atom. The van der Waals surface area contributed by atoms with Crippen LogP contribution in [-0.4, -0.2) is 41.3 Å². The van der Waals surface area contributed by atoms with E-state index >= 15 is 0 Å². The standard InChI is InChI=1S/C13H23N5O2/c1-2-10-12(20)16-11(19)8-18(10)13(17-14)15-9-6-4-3-5-7-9/h9-10H,2-8,14H2,1H3,(H,15,17)(H,16,19,20). The molecule has 1 atom stereocenters. The van der Waals surface area contributed by atoms with Crippen molar-refractivity contribution in [2.45, 2.75) is 57.5 Å². The molecule has 2 amide bonds. The number of carbonyl (C=O) groups excluding carboxylic acids is 2. The predicted molar refractivity (Wildman–Crippen MR) is 75.6 cm³/mol. The summed E-state index contributed by atoms with van der Waals surface area (Å²) in [6, 6.07) is -0.168. The smallest absolute Gasteiger partial charge is 0.249 e. The van der Waals surface area contributed by atoms with Gasteiger partial charge in [0.05, 0.1) is 6.04 Å². The summed E-state index contributed by atoms with van der Waals surface area (Å²) in [5, 5.41) is 2.35. The maximum Gasteiger partial charge on any atom is 0.249 e. The lowest BCUT2D eigenvalue weighted by atomic mass is 9.96. The number of imide groups is 1. The Balaban J connectivity index is 2.16. The first kappa shape index (κ1) is 14.8. The Labute approximate surface area is 118 Å². The Kier molecular flexibility index (Phi) is 4.94. The molecule has 1 unspecified atom stereocenters. The van der Waals surface area contributed by atoms with Gasteiger partial charge in [0.15, 0.2) is 0 Å². The summed E-state index contributed by atoms with van der Waals surface area (Å²) in [7, 11) is 0. The van der Waals surface area contributed by atoms with E-state index < -0.39 is 6.04 Å². The number of aliphatic imine (C=N–C) groups is 1. The third-order valence-electron chi connectivity index (χ3n) is 3.92. The third-order valence-corrected chi connectivity index (χ3v) is 3.92. The van der Waals surface area contributed by atoms with Crippen LogP contribution in [0.25, 0.3) is 0 Å². The van der Waals surface area contributed by atoms with Crippen molar-refractivity contribution in [2.75, 3.05) is 6.54 Å². The monoisotopic (exact) mass is 281 g/mol. The van der Waals surface area contributed by atoms with Crippen molar-refractivity contribution in [1.29, 1.82) is 0 Å². The summed E-state index contributed by atoms with van der Waals surface area (Å²) < 4.78 is 0. The molecular formula is C13H23N5O2. The predicted octanol–water partition coefficient (Wildman–Crippen LogP) is -0.125. The van der Waals surface area contributed by atoms with E-state index in [4.69, 9.17) is 5.84 Å². The molecule has 7 heteroatoms. The molecular weight excluding hydrogens is 258 g/mol. The topological polar surface area (TPSA) is 99.8 Å². The van der Waals surface area contributed by atoms with Crippen molar-refractivity contribution in [3.05, 3.63) is 0 Å². The lowest BCUT2D eigenvalue weighted by molar-refractivity contribution is -0.137. The Morgan fingerprint density at radius 2 is 2.10 bits per heavy atom. The lowest BCUT2D eigenvalue weighted by Crippen LogP contribution is -2.62. The van der Waals surface area contributed by atoms with Gasteiger partial charge in [-0.2, -0.15) is 0 Å². The Hall–Kier alpha value is -1.63. The number of amides is 2. The van der Waals surface area contributed by atoms with Gasteiger partial charge >= 0.3 is 0 Å². The molecule has 2 fully saturated rings. The van der Waals surface area contributed by atoms with E-state index in [-0.39, 0.29) is 24.4 Å². The molecule has 0 spiro atoms. The second kappa shape index (κ2) is 6.69. The van der Waals surface area contributed by atoms with E-state index in [1.54, 1.807) is 4.90 Å². The quantitative estimate of drug-likeness (QED) is 0.215. The molecule has 0 radical (unpaired) electrons. The summed E-state index contributed by atoms with van der Waals surface area (Å²) >= 11 is 0. The fourth-order valence-corrected chi connectivity index (χ4v) is 2.87. The zero-order valence-electron chi connectivity index (χ0n) is 11.9. The Morgan fingerprint density at radius 3 is 2.70 bits per heavy atom. The lowest BCUT2D eigenvalue weighted by Gasteiger charge is -2.35. The van der Waals surface area contributed by atoms with Crippen LogP contribution < -0.4 is 16.6 Å². The summed E-state index contributed by atoms with van der Waals surface area (Å²) in [4.78, 5) is 29.7. The molecule has 1 heterocycles. The average molecular weight is 281 g/mol. The Bertz CT molecular complexity index is 404. The minimum Gasteiger partial charge on any atom is -0.321 e. The molecule has 1 saturated carbocycles. The van der Waals surface area contributed by atoms with Crippen LogP contribution in [-0.2, 0) is 9.59 Å². The number of carbonyl (C=O) groups is 2. The van der Waals surface area contributed by atoms with Crippen LogP contribution in [0.15, 0.2) is 4.99 Å². The molecule has 0 aromatic rings. The first-order valence-electron chi connectivity index (χ1n) is 7.30. The fraction of sp³-hybridized carbons (Fsp3) is 0.769. The highest BCUT2D eigenvalue weighted by Crippen LogP contribution is 2.21. The molecule has 1 aliphatic carbocycles. The van der Waals surface area contributed by atoms with Gasteiger partial charge in [0, 0.05) is 0 Å². The van der Waals surface area contributed by atoms with Crippen molar-refractivity contribution in [3.63, 3.8) is 0 Å². The zero-order valence-corrected chi connectivity index (χ0v) is 11.9. The van der Waals surface area contributed by atoms with Crippen LogP contribution in [0, 0.1) is 0 Å². The van der Waals surface area contributed by atoms with Crippen LogP contribution in [0.5, 0.6) is 0 Å². The summed E-state index contributed by atoms with van der Waals surface area (Å²) in [5.74, 6) is 5.42. The van der Waals surface area contributed by atoms with Gasteiger partial charge in [-0.05, 0) is 19.3 Å². The molecule has 2 rings (SSSR count). The van der Waals surface area contributed by atoms with E-state index in [9.17, 15) is 9.59 Å². The van der Waals surface area contributed by atoms with Gasteiger partial charge in [0.1, 0.15) is 12.6 Å². The maximum atomic E-state index is 11.9. The first-order chi connectivity index (χ1) is 9.65. The summed E-state index contributed by atoms with van der Waals surface area (Å²) in [5.41, 5.74) is 2.57. The highest BCUT2D eigenvalue weighted by atomic mass is 16.2. The molecule has 7 nitrogen and oxygen atoms in total. The largest absolute Gasteiger partial charge is 0.321 e. The van der Waals surface area contributed by atoms with Gasteiger partial charge < -0.3 is 4.90 Å². The fourth-order valence-electron chi connectivity index (χ4n) is 2.87. The number of rotatable bonds is 2. The van der Waals surface area contributed by atoms with E-state index in [2.05, 4.69) is 15.7 Å². The number of guanidine groups is 1.